The molecule has 2 nitrogen and oxygen atoms in total. The van der Waals surface area contributed by atoms with Gasteiger partial charge in [-0.1, -0.05) is 12.2 Å². The van der Waals surface area contributed by atoms with E-state index in [1.807, 2.05) is 18.8 Å². The number of benzene rings is 1. The molecule has 0 aliphatic carbocycles. The smallest absolute Gasteiger partial charge is 0.127 e. The van der Waals surface area contributed by atoms with Gasteiger partial charge in [0.15, 0.2) is 0 Å². The van der Waals surface area contributed by atoms with Gasteiger partial charge in [0.05, 0.1) is 0 Å². The van der Waals surface area contributed by atoms with Crippen LogP contribution in [-0.2, 0) is 6.54 Å². The maximum absolute atomic E-state index is 13.8. The molecular weight excluding hydrogens is 267 g/mol. The van der Waals surface area contributed by atoms with Crippen LogP contribution in [0.1, 0.15) is 17.5 Å². The van der Waals surface area contributed by atoms with E-state index in [1.54, 1.807) is 12.1 Å². The van der Waals surface area contributed by atoms with Crippen LogP contribution in [0.25, 0.3) is 0 Å². The summed E-state index contributed by atoms with van der Waals surface area (Å²) in [6.45, 7) is 0.605. The summed E-state index contributed by atoms with van der Waals surface area (Å²) in [5.74, 6) is 2.14. The zero-order valence-electron chi connectivity index (χ0n) is 10.4. The van der Waals surface area contributed by atoms with E-state index in [4.69, 9.17) is 18.0 Å². The van der Waals surface area contributed by atoms with E-state index in [0.717, 1.165) is 11.3 Å². The number of hydrogen-bond donors (Lipinski definition) is 1. The Kier molecular flexibility index (Phi) is 4.59. The van der Waals surface area contributed by atoms with Crippen LogP contribution < -0.4 is 5.73 Å². The van der Waals surface area contributed by atoms with Crippen LogP contribution in [0.15, 0.2) is 18.2 Å². The molecule has 0 bridgehead atoms. The van der Waals surface area contributed by atoms with Crippen molar-refractivity contribution in [3.8, 4) is 0 Å². The van der Waals surface area contributed by atoms with Crippen LogP contribution in [-0.4, -0.2) is 34.5 Å². The van der Waals surface area contributed by atoms with E-state index in [-0.39, 0.29) is 5.82 Å². The number of nitrogens with zero attached hydrogens (tertiary/aromatic N) is 1. The molecule has 1 saturated heterocycles. The van der Waals surface area contributed by atoms with E-state index >= 15 is 0 Å². The minimum Gasteiger partial charge on any atom is -0.389 e. The molecule has 1 unspecified atom stereocenters. The average Bonchev–Trinajstić information content (AvgIpc) is 2.85. The van der Waals surface area contributed by atoms with E-state index in [1.165, 1.54) is 18.2 Å². The molecular formula is C13H17FN2S2. The fraction of sp³-hybridized carbons (Fsp3) is 0.462. The Bertz CT molecular complexity index is 445. The van der Waals surface area contributed by atoms with Crippen LogP contribution in [0.5, 0.6) is 0 Å². The van der Waals surface area contributed by atoms with Gasteiger partial charge in [0, 0.05) is 29.5 Å². The molecule has 0 amide bonds. The Labute approximate surface area is 117 Å². The van der Waals surface area contributed by atoms with Crippen molar-refractivity contribution in [2.75, 3.05) is 18.6 Å². The summed E-state index contributed by atoms with van der Waals surface area (Å²) in [6.07, 6.45) is 1.18. The topological polar surface area (TPSA) is 29.3 Å². The molecule has 1 fully saturated rings. The first-order valence-corrected chi connectivity index (χ1v) is 7.50. The first-order valence-electron chi connectivity index (χ1n) is 5.94. The lowest BCUT2D eigenvalue weighted by Gasteiger charge is -2.23. The third-order valence-corrected chi connectivity index (χ3v) is 4.66. The van der Waals surface area contributed by atoms with Crippen LogP contribution in [0.3, 0.4) is 0 Å². The van der Waals surface area contributed by atoms with Crippen LogP contribution in [0, 0.1) is 5.82 Å². The van der Waals surface area contributed by atoms with E-state index < -0.39 is 0 Å². The molecule has 98 valence electrons. The number of hydrogen-bond acceptors (Lipinski definition) is 3. The van der Waals surface area contributed by atoms with Gasteiger partial charge < -0.3 is 5.73 Å². The summed E-state index contributed by atoms with van der Waals surface area (Å²) < 4.78 is 13.8. The van der Waals surface area contributed by atoms with Crippen LogP contribution >= 0.6 is 24.0 Å². The maximum atomic E-state index is 13.8. The highest BCUT2D eigenvalue weighted by Gasteiger charge is 2.20. The minimum atomic E-state index is -0.188. The van der Waals surface area contributed by atoms with E-state index in [0.29, 0.717) is 23.1 Å². The zero-order valence-corrected chi connectivity index (χ0v) is 12.0. The third kappa shape index (κ3) is 3.22. The Hall–Kier alpha value is -0.650. The van der Waals surface area contributed by atoms with E-state index in [2.05, 4.69) is 4.90 Å². The molecule has 1 aromatic carbocycles. The quantitative estimate of drug-likeness (QED) is 0.860. The highest BCUT2D eigenvalue weighted by Crippen LogP contribution is 2.23. The third-order valence-electron chi connectivity index (χ3n) is 3.28. The highest BCUT2D eigenvalue weighted by molar-refractivity contribution is 7.99. The molecule has 2 rings (SSSR count). The molecule has 5 heteroatoms. The number of rotatable bonds is 4. The van der Waals surface area contributed by atoms with Crippen LogP contribution in [0.4, 0.5) is 4.39 Å². The Balaban J connectivity index is 2.12. The lowest BCUT2D eigenvalue weighted by Crippen LogP contribution is -2.31. The lowest BCUT2D eigenvalue weighted by atomic mass is 10.1. The molecule has 0 aromatic heterocycles. The summed E-state index contributed by atoms with van der Waals surface area (Å²) in [6, 6.07) is 5.38. The van der Waals surface area contributed by atoms with Gasteiger partial charge in [-0.15, -0.1) is 0 Å². The number of halogens is 1. The van der Waals surface area contributed by atoms with Gasteiger partial charge in [-0.25, -0.2) is 4.39 Å². The molecule has 1 aromatic rings. The molecule has 1 heterocycles. The lowest BCUT2D eigenvalue weighted by molar-refractivity contribution is 0.251. The van der Waals surface area contributed by atoms with Crippen molar-refractivity contribution in [2.24, 2.45) is 5.73 Å². The Morgan fingerprint density at radius 1 is 1.61 bits per heavy atom. The summed E-state index contributed by atoms with van der Waals surface area (Å²) >= 11 is 6.88. The normalized spacial score (nSPS) is 19.4. The van der Waals surface area contributed by atoms with E-state index in [9.17, 15) is 4.39 Å². The van der Waals surface area contributed by atoms with Crippen molar-refractivity contribution in [3.05, 3.63) is 35.1 Å². The monoisotopic (exact) mass is 284 g/mol. The first kappa shape index (κ1) is 13.8. The van der Waals surface area contributed by atoms with Crippen molar-refractivity contribution < 1.29 is 4.39 Å². The predicted molar refractivity (Wildman–Crippen MR) is 79.5 cm³/mol. The molecule has 2 N–H and O–H groups in total. The number of thiocarbonyl (C=S) groups is 1. The largest absolute Gasteiger partial charge is 0.389 e. The second-order valence-electron chi connectivity index (χ2n) is 4.60. The summed E-state index contributed by atoms with van der Waals surface area (Å²) in [7, 11) is 2.05. The molecule has 18 heavy (non-hydrogen) atoms. The summed E-state index contributed by atoms with van der Waals surface area (Å²) in [4.78, 5) is 2.53. The van der Waals surface area contributed by atoms with Crippen molar-refractivity contribution >= 4 is 29.0 Å². The van der Waals surface area contributed by atoms with Gasteiger partial charge in [-0.2, -0.15) is 11.8 Å². The molecule has 0 spiro atoms. The van der Waals surface area contributed by atoms with Crippen molar-refractivity contribution in [3.63, 3.8) is 0 Å². The zero-order chi connectivity index (χ0) is 13.1. The number of thioether (sulfide) groups is 1. The fourth-order valence-corrected chi connectivity index (χ4v) is 3.54. The second-order valence-corrected chi connectivity index (χ2v) is 6.19. The predicted octanol–water partition coefficient (Wildman–Crippen LogP) is 2.40. The Morgan fingerprint density at radius 3 is 3.00 bits per heavy atom. The Morgan fingerprint density at radius 2 is 2.39 bits per heavy atom. The van der Waals surface area contributed by atoms with Gasteiger partial charge in [0.1, 0.15) is 10.8 Å². The standard InChI is InChI=1S/C13H17FN2S2/c1-16(11-4-5-18-8-11)7-10-6-9(13(15)17)2-3-12(10)14/h2-3,6,11H,4-5,7-8H2,1H3,(H2,15,17). The van der Waals surface area contributed by atoms with Gasteiger partial charge in [-0.3, -0.25) is 4.90 Å². The second kappa shape index (κ2) is 5.99. The van der Waals surface area contributed by atoms with Crippen molar-refractivity contribution in [2.45, 2.75) is 19.0 Å². The molecule has 0 saturated carbocycles. The van der Waals surface area contributed by atoms with Gasteiger partial charge in [-0.05, 0) is 37.4 Å². The van der Waals surface area contributed by atoms with Gasteiger partial charge >= 0.3 is 0 Å². The van der Waals surface area contributed by atoms with Crippen molar-refractivity contribution in [1.82, 2.24) is 4.90 Å². The number of nitrogens with two attached hydrogens (primary N) is 1. The van der Waals surface area contributed by atoms with Crippen LogP contribution in [0.2, 0.25) is 0 Å². The highest BCUT2D eigenvalue weighted by atomic mass is 32.2. The van der Waals surface area contributed by atoms with Crippen molar-refractivity contribution in [1.29, 1.82) is 0 Å². The minimum absolute atomic E-state index is 0.188. The average molecular weight is 284 g/mol. The maximum Gasteiger partial charge on any atom is 0.127 e. The fourth-order valence-electron chi connectivity index (χ4n) is 2.12. The molecule has 0 radical (unpaired) electrons. The first-order chi connectivity index (χ1) is 8.58. The summed E-state index contributed by atoms with van der Waals surface area (Å²) in [5, 5.41) is 0. The molecule has 1 aliphatic rings. The SMILES string of the molecule is CN(Cc1cc(C(N)=S)ccc1F)C1CCSC1. The van der Waals surface area contributed by atoms with Gasteiger partial charge in [0.25, 0.3) is 0 Å². The van der Waals surface area contributed by atoms with Gasteiger partial charge in [0.2, 0.25) is 0 Å². The molecule has 1 aliphatic heterocycles. The molecule has 1 atom stereocenters. The summed E-state index contributed by atoms with van der Waals surface area (Å²) in [5.41, 5.74) is 6.98.